The van der Waals surface area contributed by atoms with Gasteiger partial charge in [0.15, 0.2) is 0 Å². The summed E-state index contributed by atoms with van der Waals surface area (Å²) in [5.74, 6) is 0. The fraction of sp³-hybridized carbons (Fsp3) is 0.500. The molecular formula is C12H16BrNO. The summed E-state index contributed by atoms with van der Waals surface area (Å²) in [6.07, 6.45) is 0.188. The first-order valence-corrected chi connectivity index (χ1v) is 6.07. The van der Waals surface area contributed by atoms with Crippen LogP contribution in [-0.2, 0) is 4.74 Å². The first-order valence-electron chi connectivity index (χ1n) is 5.28. The molecular weight excluding hydrogens is 254 g/mol. The van der Waals surface area contributed by atoms with Gasteiger partial charge in [0, 0.05) is 17.6 Å². The molecule has 1 fully saturated rings. The fourth-order valence-electron chi connectivity index (χ4n) is 1.95. The summed E-state index contributed by atoms with van der Waals surface area (Å²) >= 11 is 3.61. The van der Waals surface area contributed by atoms with Crippen LogP contribution in [0, 0.1) is 13.8 Å². The number of morpholine rings is 1. The number of hydrogen-bond donors (Lipinski definition) is 1. The molecule has 0 aromatic heterocycles. The van der Waals surface area contributed by atoms with Gasteiger partial charge in [0.1, 0.15) is 0 Å². The van der Waals surface area contributed by atoms with Gasteiger partial charge in [-0.25, -0.2) is 0 Å². The Bertz CT molecular complexity index is 359. The third-order valence-corrected chi connectivity index (χ3v) is 3.67. The molecule has 82 valence electrons. The lowest BCUT2D eigenvalue weighted by Crippen LogP contribution is -2.33. The first-order chi connectivity index (χ1) is 7.20. The predicted octanol–water partition coefficient (Wildman–Crippen LogP) is 2.73. The molecule has 0 radical (unpaired) electrons. The summed E-state index contributed by atoms with van der Waals surface area (Å²) in [5, 5.41) is 3.36. The van der Waals surface area contributed by atoms with Gasteiger partial charge in [0.05, 0.1) is 12.7 Å². The van der Waals surface area contributed by atoms with Crippen molar-refractivity contribution in [1.82, 2.24) is 5.32 Å². The number of benzene rings is 1. The van der Waals surface area contributed by atoms with E-state index in [1.807, 2.05) is 0 Å². The van der Waals surface area contributed by atoms with Crippen molar-refractivity contribution in [2.75, 3.05) is 19.7 Å². The zero-order valence-corrected chi connectivity index (χ0v) is 10.7. The molecule has 2 rings (SSSR count). The molecule has 0 amide bonds. The van der Waals surface area contributed by atoms with Crippen LogP contribution in [0.5, 0.6) is 0 Å². The standard InChI is InChI=1S/C12H16BrNO/c1-8-3-4-10(13)12(9(8)2)11-7-14-5-6-15-11/h3-4,11,14H,5-7H2,1-2H3. The molecule has 1 N–H and O–H groups in total. The van der Waals surface area contributed by atoms with Crippen LogP contribution < -0.4 is 5.32 Å². The first kappa shape index (κ1) is 11.1. The van der Waals surface area contributed by atoms with Crippen molar-refractivity contribution < 1.29 is 4.74 Å². The molecule has 1 aromatic carbocycles. The van der Waals surface area contributed by atoms with Crippen LogP contribution in [0.1, 0.15) is 22.8 Å². The summed E-state index contributed by atoms with van der Waals surface area (Å²) in [6, 6.07) is 4.24. The van der Waals surface area contributed by atoms with Crippen molar-refractivity contribution >= 4 is 15.9 Å². The summed E-state index contributed by atoms with van der Waals surface area (Å²) in [4.78, 5) is 0. The van der Waals surface area contributed by atoms with Gasteiger partial charge in [0.2, 0.25) is 0 Å². The van der Waals surface area contributed by atoms with Crippen LogP contribution in [0.25, 0.3) is 0 Å². The molecule has 1 aliphatic rings. The number of nitrogens with one attached hydrogen (secondary N) is 1. The maximum atomic E-state index is 5.79. The Morgan fingerprint density at radius 1 is 1.40 bits per heavy atom. The summed E-state index contributed by atoms with van der Waals surface area (Å²) < 4.78 is 6.94. The van der Waals surface area contributed by atoms with Crippen molar-refractivity contribution in [3.63, 3.8) is 0 Å². The second-order valence-corrected chi connectivity index (χ2v) is 4.82. The Labute approximate surface area is 99.1 Å². The van der Waals surface area contributed by atoms with Gasteiger partial charge in [-0.3, -0.25) is 0 Å². The number of aryl methyl sites for hydroxylation is 1. The third-order valence-electron chi connectivity index (χ3n) is 2.98. The SMILES string of the molecule is Cc1ccc(Br)c(C2CNCCO2)c1C. The smallest absolute Gasteiger partial charge is 0.0963 e. The number of hydrogen-bond acceptors (Lipinski definition) is 2. The number of halogens is 1. The van der Waals surface area contributed by atoms with Crippen molar-refractivity contribution in [2.45, 2.75) is 20.0 Å². The van der Waals surface area contributed by atoms with Crippen LogP contribution in [0.4, 0.5) is 0 Å². The molecule has 0 bridgehead atoms. The highest BCUT2D eigenvalue weighted by molar-refractivity contribution is 9.10. The molecule has 1 heterocycles. The topological polar surface area (TPSA) is 21.3 Å². The van der Waals surface area contributed by atoms with E-state index in [2.05, 4.69) is 47.2 Å². The van der Waals surface area contributed by atoms with Gasteiger partial charge in [-0.05, 0) is 36.6 Å². The predicted molar refractivity (Wildman–Crippen MR) is 65.2 cm³/mol. The lowest BCUT2D eigenvalue weighted by Gasteiger charge is -2.26. The zero-order chi connectivity index (χ0) is 10.8. The van der Waals surface area contributed by atoms with E-state index in [-0.39, 0.29) is 6.10 Å². The van der Waals surface area contributed by atoms with Crippen molar-refractivity contribution in [3.8, 4) is 0 Å². The highest BCUT2D eigenvalue weighted by Crippen LogP contribution is 2.31. The summed E-state index contributed by atoms with van der Waals surface area (Å²) in [6.45, 7) is 6.96. The fourth-order valence-corrected chi connectivity index (χ4v) is 2.64. The Hall–Kier alpha value is -0.380. The number of ether oxygens (including phenoxy) is 1. The Balaban J connectivity index is 2.36. The molecule has 0 saturated carbocycles. The molecule has 1 unspecified atom stereocenters. The van der Waals surface area contributed by atoms with Gasteiger partial charge in [-0.2, -0.15) is 0 Å². The van der Waals surface area contributed by atoms with Crippen LogP contribution in [0.2, 0.25) is 0 Å². The van der Waals surface area contributed by atoms with Crippen molar-refractivity contribution in [1.29, 1.82) is 0 Å². The minimum Gasteiger partial charge on any atom is -0.371 e. The van der Waals surface area contributed by atoms with E-state index in [9.17, 15) is 0 Å². The highest BCUT2D eigenvalue weighted by atomic mass is 79.9. The average molecular weight is 270 g/mol. The Morgan fingerprint density at radius 2 is 2.20 bits per heavy atom. The van der Waals surface area contributed by atoms with E-state index >= 15 is 0 Å². The zero-order valence-electron chi connectivity index (χ0n) is 9.14. The molecule has 1 atom stereocenters. The molecule has 3 heteroatoms. The maximum absolute atomic E-state index is 5.79. The van der Waals surface area contributed by atoms with Crippen molar-refractivity contribution in [2.24, 2.45) is 0 Å². The second-order valence-electron chi connectivity index (χ2n) is 3.97. The van der Waals surface area contributed by atoms with Gasteiger partial charge >= 0.3 is 0 Å². The van der Waals surface area contributed by atoms with E-state index in [4.69, 9.17) is 4.74 Å². The van der Waals surface area contributed by atoms with Gasteiger partial charge < -0.3 is 10.1 Å². The normalized spacial score (nSPS) is 21.7. The molecule has 15 heavy (non-hydrogen) atoms. The molecule has 2 nitrogen and oxygen atoms in total. The quantitative estimate of drug-likeness (QED) is 0.847. The molecule has 1 aromatic rings. The van der Waals surface area contributed by atoms with E-state index in [1.165, 1.54) is 16.7 Å². The summed E-state index contributed by atoms with van der Waals surface area (Å²) in [7, 11) is 0. The molecule has 0 spiro atoms. The van der Waals surface area contributed by atoms with E-state index in [0.717, 1.165) is 24.2 Å². The van der Waals surface area contributed by atoms with Crippen LogP contribution in [0.15, 0.2) is 16.6 Å². The third kappa shape index (κ3) is 2.25. The highest BCUT2D eigenvalue weighted by Gasteiger charge is 2.20. The molecule has 1 aliphatic heterocycles. The molecule has 0 aliphatic carbocycles. The van der Waals surface area contributed by atoms with Crippen LogP contribution in [-0.4, -0.2) is 19.7 Å². The van der Waals surface area contributed by atoms with E-state index < -0.39 is 0 Å². The Kier molecular flexibility index (Phi) is 3.44. The molecule has 1 saturated heterocycles. The Morgan fingerprint density at radius 3 is 2.87 bits per heavy atom. The monoisotopic (exact) mass is 269 g/mol. The maximum Gasteiger partial charge on any atom is 0.0963 e. The minimum atomic E-state index is 0.188. The van der Waals surface area contributed by atoms with Crippen LogP contribution in [0.3, 0.4) is 0 Å². The lowest BCUT2D eigenvalue weighted by molar-refractivity contribution is 0.0268. The van der Waals surface area contributed by atoms with Gasteiger partial charge in [-0.1, -0.05) is 22.0 Å². The number of rotatable bonds is 1. The van der Waals surface area contributed by atoms with E-state index in [0.29, 0.717) is 0 Å². The van der Waals surface area contributed by atoms with Crippen molar-refractivity contribution in [3.05, 3.63) is 33.3 Å². The van der Waals surface area contributed by atoms with Crippen LogP contribution >= 0.6 is 15.9 Å². The second kappa shape index (κ2) is 4.64. The van der Waals surface area contributed by atoms with Gasteiger partial charge in [0.25, 0.3) is 0 Å². The lowest BCUT2D eigenvalue weighted by atomic mass is 9.98. The van der Waals surface area contributed by atoms with Gasteiger partial charge in [-0.15, -0.1) is 0 Å². The summed E-state index contributed by atoms with van der Waals surface area (Å²) in [5.41, 5.74) is 3.95. The van der Waals surface area contributed by atoms with E-state index in [1.54, 1.807) is 0 Å². The minimum absolute atomic E-state index is 0.188. The largest absolute Gasteiger partial charge is 0.371 e. The average Bonchev–Trinajstić information content (AvgIpc) is 2.26.